The van der Waals surface area contributed by atoms with E-state index in [0.29, 0.717) is 11.8 Å². The largest absolute Gasteiger partial charge is 0.318 e. The molecular formula is C20H43O2PS2. The average Bonchev–Trinajstić information content (AvgIpc) is 2.45. The third-order valence-corrected chi connectivity index (χ3v) is 6.50. The Morgan fingerprint density at radius 1 is 0.760 bits per heavy atom. The summed E-state index contributed by atoms with van der Waals surface area (Å²) in [5.74, 6) is 1.21. The van der Waals surface area contributed by atoms with E-state index in [-0.39, 0.29) is 12.2 Å². The molecule has 0 aromatic carbocycles. The SMILES string of the molecule is CCCCCC(CC(C)C)OP(=S)(S)OC(CCCCC)CC(C)C. The first-order valence-electron chi connectivity index (χ1n) is 10.4. The van der Waals surface area contributed by atoms with Gasteiger partial charge in [-0.3, -0.25) is 0 Å². The van der Waals surface area contributed by atoms with Crippen molar-refractivity contribution >= 4 is 29.7 Å². The number of hydrogen-bond donors (Lipinski definition) is 1. The normalized spacial score (nSPS) is 17.0. The van der Waals surface area contributed by atoms with Crippen molar-refractivity contribution in [2.45, 2.75) is 118 Å². The van der Waals surface area contributed by atoms with E-state index in [1.54, 1.807) is 0 Å². The molecule has 2 atom stereocenters. The first-order chi connectivity index (χ1) is 11.7. The lowest BCUT2D eigenvalue weighted by atomic mass is 10.0. The number of unbranched alkanes of at least 4 members (excludes halogenated alkanes) is 4. The number of hydrogen-bond acceptors (Lipinski definition) is 3. The lowest BCUT2D eigenvalue weighted by molar-refractivity contribution is 0.115. The Kier molecular flexibility index (Phi) is 15.5. The predicted molar refractivity (Wildman–Crippen MR) is 120 cm³/mol. The van der Waals surface area contributed by atoms with Crippen LogP contribution in [-0.4, -0.2) is 12.2 Å². The van der Waals surface area contributed by atoms with Gasteiger partial charge < -0.3 is 9.05 Å². The second-order valence-corrected chi connectivity index (χ2v) is 13.4. The van der Waals surface area contributed by atoms with Gasteiger partial charge in [0.25, 0.3) is 0 Å². The molecule has 0 bridgehead atoms. The topological polar surface area (TPSA) is 18.5 Å². The molecule has 0 aromatic heterocycles. The molecule has 0 aliphatic heterocycles. The molecule has 0 N–H and O–H groups in total. The highest BCUT2D eigenvalue weighted by Crippen LogP contribution is 2.57. The van der Waals surface area contributed by atoms with Crippen LogP contribution in [0.3, 0.4) is 0 Å². The summed E-state index contributed by atoms with van der Waals surface area (Å²) < 4.78 is 12.6. The maximum atomic E-state index is 6.28. The molecule has 0 fully saturated rings. The first kappa shape index (κ1) is 25.9. The van der Waals surface area contributed by atoms with Crippen molar-refractivity contribution in [2.75, 3.05) is 0 Å². The monoisotopic (exact) mass is 410 g/mol. The van der Waals surface area contributed by atoms with E-state index in [1.165, 1.54) is 38.5 Å². The molecule has 152 valence electrons. The molecule has 0 aromatic rings. The molecule has 0 rings (SSSR count). The average molecular weight is 411 g/mol. The summed E-state index contributed by atoms with van der Waals surface area (Å²) in [6, 6.07) is 0. The Hall–Kier alpha value is 0.920. The van der Waals surface area contributed by atoms with Gasteiger partial charge in [-0.25, -0.2) is 0 Å². The Balaban J connectivity index is 4.72. The fraction of sp³-hybridized carbons (Fsp3) is 1.00. The zero-order valence-corrected chi connectivity index (χ0v) is 20.1. The van der Waals surface area contributed by atoms with Crippen molar-refractivity contribution in [3.63, 3.8) is 0 Å². The third-order valence-electron chi connectivity index (χ3n) is 4.29. The van der Waals surface area contributed by atoms with Gasteiger partial charge in [-0.05, 0) is 49.3 Å². The molecule has 0 spiro atoms. The van der Waals surface area contributed by atoms with E-state index in [9.17, 15) is 0 Å². The fourth-order valence-electron chi connectivity index (χ4n) is 3.12. The van der Waals surface area contributed by atoms with Crippen molar-refractivity contribution in [1.82, 2.24) is 0 Å². The molecule has 0 amide bonds. The minimum Gasteiger partial charge on any atom is -0.318 e. The van der Waals surface area contributed by atoms with Crippen LogP contribution in [0.2, 0.25) is 0 Å². The number of rotatable bonds is 16. The summed E-state index contributed by atoms with van der Waals surface area (Å²) in [7, 11) is 0. The lowest BCUT2D eigenvalue weighted by Gasteiger charge is -2.29. The summed E-state index contributed by atoms with van der Waals surface area (Å²) in [5.41, 5.74) is -2.49. The van der Waals surface area contributed by atoms with Gasteiger partial charge in [-0.1, -0.05) is 92.3 Å². The van der Waals surface area contributed by atoms with Gasteiger partial charge in [0.15, 0.2) is 0 Å². The van der Waals surface area contributed by atoms with Crippen LogP contribution in [0.5, 0.6) is 0 Å². The van der Waals surface area contributed by atoms with Crippen molar-refractivity contribution in [3.8, 4) is 0 Å². The second kappa shape index (κ2) is 14.9. The van der Waals surface area contributed by atoms with E-state index in [2.05, 4.69) is 53.8 Å². The molecule has 0 radical (unpaired) electrons. The summed E-state index contributed by atoms with van der Waals surface area (Å²) >= 11 is 10.4. The molecular weight excluding hydrogens is 367 g/mol. The number of thiol groups is 1. The Morgan fingerprint density at radius 2 is 1.12 bits per heavy atom. The van der Waals surface area contributed by atoms with Crippen LogP contribution in [0.15, 0.2) is 0 Å². The van der Waals surface area contributed by atoms with Gasteiger partial charge in [0.1, 0.15) is 0 Å². The Morgan fingerprint density at radius 3 is 1.40 bits per heavy atom. The van der Waals surface area contributed by atoms with Crippen LogP contribution >= 0.6 is 17.9 Å². The quantitative estimate of drug-likeness (QED) is 0.157. The van der Waals surface area contributed by atoms with Crippen molar-refractivity contribution in [3.05, 3.63) is 0 Å². The van der Waals surface area contributed by atoms with Gasteiger partial charge in [0.05, 0.1) is 12.2 Å². The third kappa shape index (κ3) is 15.7. The highest BCUT2D eigenvalue weighted by atomic mass is 32.9. The van der Waals surface area contributed by atoms with Crippen LogP contribution in [-0.2, 0) is 20.9 Å². The standard InChI is InChI=1S/C20H43O2PS2/c1-7-9-11-13-19(15-17(3)4)21-23(24,25)22-20(16-18(5)6)14-12-10-8-2/h17-20H,7-16H2,1-6H3,(H,24,25). The smallest absolute Gasteiger partial charge is 0.244 e. The second-order valence-electron chi connectivity index (χ2n) is 8.17. The van der Waals surface area contributed by atoms with Crippen molar-refractivity contribution in [2.24, 2.45) is 11.8 Å². The molecule has 0 aliphatic rings. The van der Waals surface area contributed by atoms with Crippen LogP contribution < -0.4 is 0 Å². The summed E-state index contributed by atoms with van der Waals surface area (Å²) in [6.45, 7) is 13.4. The van der Waals surface area contributed by atoms with Crippen LogP contribution in [0, 0.1) is 11.8 Å². The summed E-state index contributed by atoms with van der Waals surface area (Å²) in [6.07, 6.45) is 11.9. The molecule has 25 heavy (non-hydrogen) atoms. The molecule has 0 saturated carbocycles. The molecule has 0 aliphatic carbocycles. The Labute approximate surface area is 168 Å². The minimum absolute atomic E-state index is 0.185. The zero-order chi connectivity index (χ0) is 19.3. The van der Waals surface area contributed by atoms with Crippen molar-refractivity contribution in [1.29, 1.82) is 0 Å². The van der Waals surface area contributed by atoms with Crippen LogP contribution in [0.4, 0.5) is 0 Å². The molecule has 0 heterocycles. The maximum absolute atomic E-state index is 6.28. The summed E-state index contributed by atoms with van der Waals surface area (Å²) in [5, 5.41) is 0. The predicted octanol–water partition coefficient (Wildman–Crippen LogP) is 8.16. The summed E-state index contributed by atoms with van der Waals surface area (Å²) in [4.78, 5) is 0. The van der Waals surface area contributed by atoms with Crippen LogP contribution in [0.25, 0.3) is 0 Å². The van der Waals surface area contributed by atoms with E-state index >= 15 is 0 Å². The Bertz CT molecular complexity index is 332. The molecule has 2 unspecified atom stereocenters. The van der Waals surface area contributed by atoms with Gasteiger partial charge in [0, 0.05) is 0 Å². The molecule has 0 saturated heterocycles. The fourth-order valence-corrected chi connectivity index (χ4v) is 5.84. The van der Waals surface area contributed by atoms with Gasteiger partial charge in [-0.15, -0.1) is 0 Å². The van der Waals surface area contributed by atoms with Gasteiger partial charge in [0.2, 0.25) is 5.69 Å². The zero-order valence-electron chi connectivity index (χ0n) is 17.5. The van der Waals surface area contributed by atoms with E-state index in [1.807, 2.05) is 0 Å². The van der Waals surface area contributed by atoms with Crippen LogP contribution in [0.1, 0.15) is 106 Å². The van der Waals surface area contributed by atoms with Gasteiger partial charge >= 0.3 is 0 Å². The van der Waals surface area contributed by atoms with Gasteiger partial charge in [-0.2, -0.15) is 0 Å². The maximum Gasteiger partial charge on any atom is 0.244 e. The molecule has 2 nitrogen and oxygen atoms in total. The van der Waals surface area contributed by atoms with E-state index in [0.717, 1.165) is 25.7 Å². The minimum atomic E-state index is -2.49. The van der Waals surface area contributed by atoms with Crippen molar-refractivity contribution < 1.29 is 9.05 Å². The molecule has 5 heteroatoms. The highest BCUT2D eigenvalue weighted by molar-refractivity contribution is 8.60. The first-order valence-corrected chi connectivity index (χ1v) is 14.2. The van der Waals surface area contributed by atoms with E-state index in [4.69, 9.17) is 20.9 Å². The van der Waals surface area contributed by atoms with E-state index < -0.39 is 5.69 Å². The highest BCUT2D eigenvalue weighted by Gasteiger charge is 2.25. The lowest BCUT2D eigenvalue weighted by Crippen LogP contribution is -2.18.